The summed E-state index contributed by atoms with van der Waals surface area (Å²) in [7, 11) is 0. The highest BCUT2D eigenvalue weighted by molar-refractivity contribution is 5.85. The third-order valence-electron chi connectivity index (χ3n) is 5.36. The molecule has 1 aromatic carbocycles. The molecule has 0 aromatic heterocycles. The average molecular weight is 297 g/mol. The maximum Gasteiger partial charge on any atom is 0.0747 e. The van der Waals surface area contributed by atoms with Crippen LogP contribution in [0.1, 0.15) is 49.7 Å². The number of nitrogen functional groups attached to an aromatic ring is 1. The van der Waals surface area contributed by atoms with Crippen LogP contribution in [0.2, 0.25) is 0 Å². The van der Waals surface area contributed by atoms with Gasteiger partial charge < -0.3 is 16.6 Å². The number of rotatable bonds is 2. The van der Waals surface area contributed by atoms with E-state index in [0.717, 1.165) is 44.2 Å². The predicted molar refractivity (Wildman–Crippen MR) is 85.2 cm³/mol. The van der Waals surface area contributed by atoms with Gasteiger partial charge in [0.05, 0.1) is 5.60 Å². The molecule has 3 rings (SSSR count). The van der Waals surface area contributed by atoms with E-state index in [1.807, 2.05) is 6.07 Å². The van der Waals surface area contributed by atoms with Crippen molar-refractivity contribution in [3.63, 3.8) is 0 Å². The zero-order valence-electron chi connectivity index (χ0n) is 11.9. The van der Waals surface area contributed by atoms with Crippen molar-refractivity contribution in [3.8, 4) is 0 Å². The second kappa shape index (κ2) is 5.55. The van der Waals surface area contributed by atoms with Gasteiger partial charge in [0.15, 0.2) is 0 Å². The molecule has 0 bridgehead atoms. The normalized spacial score (nSPS) is 31.9. The fraction of sp³-hybridized carbons (Fsp3) is 0.625. The number of hydrogen-bond acceptors (Lipinski definition) is 3. The minimum Gasteiger partial charge on any atom is -0.399 e. The SMILES string of the molecule is Cl.NCC[C@@]12CCCC[C@]1(O)CCc1ccc(N)cc12. The van der Waals surface area contributed by atoms with Gasteiger partial charge in [-0.05, 0) is 61.9 Å². The van der Waals surface area contributed by atoms with E-state index < -0.39 is 5.60 Å². The third-order valence-corrected chi connectivity index (χ3v) is 5.36. The van der Waals surface area contributed by atoms with Crippen molar-refractivity contribution >= 4 is 18.1 Å². The molecule has 0 unspecified atom stereocenters. The minimum absolute atomic E-state index is 0. The van der Waals surface area contributed by atoms with E-state index in [9.17, 15) is 5.11 Å². The summed E-state index contributed by atoms with van der Waals surface area (Å²) >= 11 is 0. The molecule has 1 saturated carbocycles. The van der Waals surface area contributed by atoms with E-state index in [0.29, 0.717) is 6.54 Å². The maximum atomic E-state index is 11.2. The lowest BCUT2D eigenvalue weighted by molar-refractivity contribution is -0.0861. The molecular weight excluding hydrogens is 272 g/mol. The first-order valence-electron chi connectivity index (χ1n) is 7.43. The molecule has 1 fully saturated rings. The van der Waals surface area contributed by atoms with Gasteiger partial charge in [-0.2, -0.15) is 0 Å². The Morgan fingerprint density at radius 3 is 2.65 bits per heavy atom. The number of fused-ring (bicyclic) bond motifs is 3. The minimum atomic E-state index is -0.578. The van der Waals surface area contributed by atoms with Gasteiger partial charge in [0.2, 0.25) is 0 Å². The predicted octanol–water partition coefficient (Wildman–Crippen LogP) is 2.53. The Hall–Kier alpha value is -0.770. The van der Waals surface area contributed by atoms with Gasteiger partial charge in [-0.1, -0.05) is 18.9 Å². The van der Waals surface area contributed by atoms with E-state index in [1.54, 1.807) is 0 Å². The average Bonchev–Trinajstić information content (AvgIpc) is 2.40. The molecule has 112 valence electrons. The number of hydrogen-bond donors (Lipinski definition) is 3. The number of halogens is 1. The van der Waals surface area contributed by atoms with Crippen LogP contribution in [-0.2, 0) is 11.8 Å². The molecule has 3 nitrogen and oxygen atoms in total. The van der Waals surface area contributed by atoms with Crippen molar-refractivity contribution in [2.24, 2.45) is 5.73 Å². The summed E-state index contributed by atoms with van der Waals surface area (Å²) in [6, 6.07) is 6.19. The molecule has 2 aliphatic carbocycles. The smallest absolute Gasteiger partial charge is 0.0747 e. The zero-order valence-corrected chi connectivity index (χ0v) is 12.7. The first-order chi connectivity index (χ1) is 9.11. The van der Waals surface area contributed by atoms with Crippen LogP contribution in [0.15, 0.2) is 18.2 Å². The summed E-state index contributed by atoms with van der Waals surface area (Å²) < 4.78 is 0. The maximum absolute atomic E-state index is 11.2. The molecule has 0 spiro atoms. The Kier molecular flexibility index (Phi) is 4.33. The van der Waals surface area contributed by atoms with Gasteiger partial charge in [0.25, 0.3) is 0 Å². The fourth-order valence-electron chi connectivity index (χ4n) is 4.40. The molecule has 0 radical (unpaired) electrons. The Bertz CT molecular complexity index is 489. The highest BCUT2D eigenvalue weighted by Gasteiger charge is 2.54. The number of benzene rings is 1. The first kappa shape index (κ1) is 15.6. The summed E-state index contributed by atoms with van der Waals surface area (Å²) in [4.78, 5) is 0. The summed E-state index contributed by atoms with van der Waals surface area (Å²) in [5.41, 5.74) is 14.5. The molecular formula is C16H25ClN2O. The van der Waals surface area contributed by atoms with Crippen LogP contribution in [-0.4, -0.2) is 17.3 Å². The lowest BCUT2D eigenvalue weighted by Gasteiger charge is -2.54. The van der Waals surface area contributed by atoms with Crippen LogP contribution in [0.4, 0.5) is 5.69 Å². The van der Waals surface area contributed by atoms with Crippen LogP contribution < -0.4 is 11.5 Å². The Morgan fingerprint density at radius 1 is 1.15 bits per heavy atom. The molecule has 0 aliphatic heterocycles. The molecule has 2 atom stereocenters. The Labute approximate surface area is 127 Å². The number of nitrogens with two attached hydrogens (primary N) is 2. The van der Waals surface area contributed by atoms with Crippen LogP contribution in [0, 0.1) is 0 Å². The van der Waals surface area contributed by atoms with Gasteiger partial charge in [-0.25, -0.2) is 0 Å². The second-order valence-electron chi connectivity index (χ2n) is 6.28. The molecule has 0 amide bonds. The van der Waals surface area contributed by atoms with E-state index >= 15 is 0 Å². The monoisotopic (exact) mass is 296 g/mol. The quantitative estimate of drug-likeness (QED) is 0.734. The van der Waals surface area contributed by atoms with Crippen molar-refractivity contribution < 1.29 is 5.11 Å². The molecule has 2 aliphatic rings. The summed E-state index contributed by atoms with van der Waals surface area (Å²) in [6.07, 6.45) is 6.93. The lowest BCUT2D eigenvalue weighted by atomic mass is 9.53. The topological polar surface area (TPSA) is 72.3 Å². The molecule has 1 aromatic rings. The Morgan fingerprint density at radius 2 is 1.90 bits per heavy atom. The zero-order chi connectivity index (χ0) is 13.5. The summed E-state index contributed by atoms with van der Waals surface area (Å²) in [5.74, 6) is 0. The van der Waals surface area contributed by atoms with Gasteiger partial charge in [0, 0.05) is 11.1 Å². The lowest BCUT2D eigenvalue weighted by Crippen LogP contribution is -2.57. The van der Waals surface area contributed by atoms with Crippen LogP contribution in [0.3, 0.4) is 0 Å². The highest BCUT2D eigenvalue weighted by Crippen LogP contribution is 2.54. The Balaban J connectivity index is 0.00000147. The second-order valence-corrected chi connectivity index (χ2v) is 6.28. The first-order valence-corrected chi connectivity index (χ1v) is 7.43. The summed E-state index contributed by atoms with van der Waals surface area (Å²) in [6.45, 7) is 0.622. The molecule has 0 saturated heterocycles. The van der Waals surface area contributed by atoms with Gasteiger partial charge in [-0.15, -0.1) is 12.4 Å². The molecule has 20 heavy (non-hydrogen) atoms. The van der Waals surface area contributed by atoms with Crippen molar-refractivity contribution in [2.45, 2.75) is 56.0 Å². The van der Waals surface area contributed by atoms with Crippen LogP contribution in [0.5, 0.6) is 0 Å². The third kappa shape index (κ3) is 2.12. The van der Waals surface area contributed by atoms with Gasteiger partial charge in [-0.3, -0.25) is 0 Å². The molecule has 0 heterocycles. The molecule has 4 heteroatoms. The van der Waals surface area contributed by atoms with Crippen molar-refractivity contribution in [1.29, 1.82) is 0 Å². The highest BCUT2D eigenvalue weighted by atomic mass is 35.5. The van der Waals surface area contributed by atoms with Crippen molar-refractivity contribution in [2.75, 3.05) is 12.3 Å². The van der Waals surface area contributed by atoms with Crippen molar-refractivity contribution in [1.82, 2.24) is 0 Å². The molecule has 5 N–H and O–H groups in total. The summed E-state index contributed by atoms with van der Waals surface area (Å²) in [5, 5.41) is 11.2. The van der Waals surface area contributed by atoms with E-state index in [1.165, 1.54) is 17.5 Å². The number of anilines is 1. The number of aliphatic hydroxyl groups is 1. The van der Waals surface area contributed by atoms with E-state index in [-0.39, 0.29) is 17.8 Å². The van der Waals surface area contributed by atoms with E-state index in [4.69, 9.17) is 11.5 Å². The van der Waals surface area contributed by atoms with E-state index in [2.05, 4.69) is 12.1 Å². The van der Waals surface area contributed by atoms with Gasteiger partial charge >= 0.3 is 0 Å². The van der Waals surface area contributed by atoms with Gasteiger partial charge in [0.1, 0.15) is 0 Å². The fourth-order valence-corrected chi connectivity index (χ4v) is 4.40. The standard InChI is InChI=1S/C16H24N2O.ClH/c17-10-9-15-6-1-2-7-16(15,19)8-5-12-3-4-13(18)11-14(12)15;/h3-4,11,19H,1-2,5-10,17-18H2;1H/t15-,16+;/m1./s1. The number of aryl methyl sites for hydroxylation is 1. The van der Waals surface area contributed by atoms with Crippen LogP contribution in [0.25, 0.3) is 0 Å². The van der Waals surface area contributed by atoms with Crippen molar-refractivity contribution in [3.05, 3.63) is 29.3 Å². The van der Waals surface area contributed by atoms with Crippen LogP contribution >= 0.6 is 12.4 Å². The largest absolute Gasteiger partial charge is 0.399 e.